The van der Waals surface area contributed by atoms with E-state index in [0.29, 0.717) is 0 Å². The van der Waals surface area contributed by atoms with Gasteiger partial charge in [0, 0.05) is 31.1 Å². The van der Waals surface area contributed by atoms with E-state index in [2.05, 4.69) is 81.4 Å². The number of aliphatic hydroxyl groups excluding tert-OH is 1. The van der Waals surface area contributed by atoms with E-state index in [1.165, 1.54) is 46.2 Å². The average Bonchev–Trinajstić information content (AvgIpc) is 3.10. The van der Waals surface area contributed by atoms with Crippen LogP contribution in [-0.4, -0.2) is 15.9 Å². The molecule has 4 rings (SSSR count). The molecule has 0 bridgehead atoms. The summed E-state index contributed by atoms with van der Waals surface area (Å²) in [6.07, 6.45) is 1.17. The van der Waals surface area contributed by atoms with Crippen LogP contribution in [0.25, 0.3) is 31.9 Å². The largest absolute Gasteiger partial charge is 0.512 e. The number of benzene rings is 2. The normalized spacial score (nSPS) is 10.8. The molecule has 1 N–H and O–H groups in total. The van der Waals surface area contributed by atoms with Gasteiger partial charge in [-0.3, -0.25) is 9.78 Å². The Hall–Kier alpha value is -2.59. The number of carbonyl (C=O) groups excluding carboxylic acids is 1. The maximum atomic E-state index is 10.0. The molecule has 0 saturated carbocycles. The van der Waals surface area contributed by atoms with Gasteiger partial charge in [-0.2, -0.15) is 0 Å². The van der Waals surface area contributed by atoms with Crippen molar-refractivity contribution < 1.29 is 30.0 Å². The number of allylic oxidation sites excluding steroid dienone is 2. The molecule has 0 aliphatic rings. The minimum absolute atomic E-state index is 0. The van der Waals surface area contributed by atoms with Crippen molar-refractivity contribution in [1.29, 1.82) is 0 Å². The Morgan fingerprint density at radius 3 is 2.22 bits per heavy atom. The molecule has 0 aliphatic carbocycles. The van der Waals surface area contributed by atoms with Crippen molar-refractivity contribution in [3.8, 4) is 21.7 Å². The molecule has 0 fully saturated rings. The minimum Gasteiger partial charge on any atom is -0.512 e. The summed E-state index contributed by atoms with van der Waals surface area (Å²) < 4.78 is 1.22. The molecule has 0 saturated heterocycles. The molecule has 0 spiro atoms. The summed E-state index contributed by atoms with van der Waals surface area (Å²) in [5.41, 5.74) is 8.04. The van der Waals surface area contributed by atoms with Crippen LogP contribution < -0.4 is 0 Å². The van der Waals surface area contributed by atoms with Crippen LogP contribution in [0.3, 0.4) is 0 Å². The monoisotopic (exact) mass is 621 g/mol. The summed E-state index contributed by atoms with van der Waals surface area (Å²) in [5, 5.41) is 8.36. The molecule has 0 aliphatic heterocycles. The second kappa shape index (κ2) is 11.3. The fourth-order valence-corrected chi connectivity index (χ4v) is 4.27. The third-order valence-corrected chi connectivity index (χ3v) is 5.68. The second-order valence-corrected chi connectivity index (χ2v) is 8.79. The standard InChI is InChI=1S/C22H18NS.C5H8O2.Ir/c1-14-4-6-17(7-5-14)22-13-20-21(24-22)9-8-19(23-20)18-11-15(2)10-16(3)12-18;1-4(6)3-5(2)7;/h4-11,13H,1-3H3;3,6H,1-2H3;/q-1;;/b;4-3-;. The summed E-state index contributed by atoms with van der Waals surface area (Å²) in [6, 6.07) is 22.8. The van der Waals surface area contributed by atoms with Crippen LogP contribution in [0.5, 0.6) is 0 Å². The van der Waals surface area contributed by atoms with Gasteiger partial charge in [0.25, 0.3) is 0 Å². The zero-order valence-electron chi connectivity index (χ0n) is 18.8. The van der Waals surface area contributed by atoms with E-state index in [1.54, 1.807) is 11.3 Å². The molecule has 0 unspecified atom stereocenters. The van der Waals surface area contributed by atoms with Crippen molar-refractivity contribution in [2.24, 2.45) is 0 Å². The van der Waals surface area contributed by atoms with E-state index in [4.69, 9.17) is 10.1 Å². The number of thiophene rings is 1. The van der Waals surface area contributed by atoms with Gasteiger partial charge in [0.05, 0.1) is 16.0 Å². The molecule has 5 heteroatoms. The van der Waals surface area contributed by atoms with Crippen LogP contribution in [0.15, 0.2) is 66.4 Å². The fourth-order valence-electron chi connectivity index (χ4n) is 3.26. The van der Waals surface area contributed by atoms with Crippen molar-refractivity contribution >= 4 is 27.3 Å². The number of nitrogens with zero attached hydrogens (tertiary/aromatic N) is 1. The van der Waals surface area contributed by atoms with E-state index in [9.17, 15) is 4.79 Å². The summed E-state index contributed by atoms with van der Waals surface area (Å²) in [6.45, 7) is 9.15. The number of rotatable bonds is 3. The maximum absolute atomic E-state index is 10.0. The quantitative estimate of drug-likeness (QED) is 0.148. The van der Waals surface area contributed by atoms with Crippen molar-refractivity contribution in [1.82, 2.24) is 4.98 Å². The first-order valence-corrected chi connectivity index (χ1v) is 10.9. The number of hydrogen-bond donors (Lipinski definition) is 1. The first kappa shape index (κ1) is 25.7. The zero-order chi connectivity index (χ0) is 22.5. The van der Waals surface area contributed by atoms with Crippen molar-refractivity contribution in [2.45, 2.75) is 34.6 Å². The van der Waals surface area contributed by atoms with Gasteiger partial charge in [0.1, 0.15) is 0 Å². The van der Waals surface area contributed by atoms with Gasteiger partial charge >= 0.3 is 0 Å². The van der Waals surface area contributed by atoms with E-state index in [1.807, 2.05) is 0 Å². The molecule has 1 radical (unpaired) electrons. The summed E-state index contributed by atoms with van der Waals surface area (Å²) in [7, 11) is 0. The molecule has 2 aromatic heterocycles. The van der Waals surface area contributed by atoms with Gasteiger partial charge in [0.15, 0.2) is 5.78 Å². The number of carbonyl (C=O) groups is 1. The summed E-state index contributed by atoms with van der Waals surface area (Å²) >= 11 is 1.79. The second-order valence-electron chi connectivity index (χ2n) is 7.71. The SMILES string of the molecule is CC(=O)/C=C(/C)O.Cc1[c-]c(-c2ccc3sc(-c4ccc(C)cc4)cc3n2)cc(C)c1.[Ir]. The molecule has 167 valence electrons. The molecule has 0 amide bonds. The van der Waals surface area contributed by atoms with Gasteiger partial charge in [0.2, 0.25) is 0 Å². The van der Waals surface area contributed by atoms with Crippen LogP contribution in [0.1, 0.15) is 30.5 Å². The number of aliphatic hydroxyl groups is 1. The smallest absolute Gasteiger partial charge is 0.155 e. The minimum atomic E-state index is -0.125. The topological polar surface area (TPSA) is 50.2 Å². The number of pyridine rings is 1. The van der Waals surface area contributed by atoms with Crippen LogP contribution in [0, 0.1) is 26.8 Å². The zero-order valence-corrected chi connectivity index (χ0v) is 22.0. The Labute approximate surface area is 207 Å². The number of aryl methyl sites for hydroxylation is 3. The van der Waals surface area contributed by atoms with Crippen LogP contribution in [0.2, 0.25) is 0 Å². The maximum Gasteiger partial charge on any atom is 0.155 e. The Morgan fingerprint density at radius 1 is 0.969 bits per heavy atom. The van der Waals surface area contributed by atoms with E-state index in [-0.39, 0.29) is 31.6 Å². The van der Waals surface area contributed by atoms with Gasteiger partial charge in [-0.05, 0) is 44.2 Å². The molecular formula is C27H26IrNO2S-. The number of ketones is 1. The van der Waals surface area contributed by atoms with Gasteiger partial charge < -0.3 is 5.11 Å². The van der Waals surface area contributed by atoms with Gasteiger partial charge in [-0.1, -0.05) is 49.7 Å². The van der Waals surface area contributed by atoms with E-state index >= 15 is 0 Å². The van der Waals surface area contributed by atoms with Crippen molar-refractivity contribution in [3.63, 3.8) is 0 Å². The third-order valence-electron chi connectivity index (χ3n) is 4.55. The van der Waals surface area contributed by atoms with E-state index in [0.717, 1.165) is 22.3 Å². The Kier molecular flexibility index (Phi) is 9.09. The number of aromatic nitrogens is 1. The molecule has 0 atom stereocenters. The Balaban J connectivity index is 0.000000398. The fraction of sp³-hybridized carbons (Fsp3) is 0.185. The van der Waals surface area contributed by atoms with Crippen LogP contribution >= 0.6 is 11.3 Å². The predicted molar refractivity (Wildman–Crippen MR) is 131 cm³/mol. The molecule has 3 nitrogen and oxygen atoms in total. The van der Waals surface area contributed by atoms with Crippen molar-refractivity contribution in [2.75, 3.05) is 0 Å². The van der Waals surface area contributed by atoms with Gasteiger partial charge in [-0.15, -0.1) is 46.2 Å². The Bertz CT molecular complexity index is 1230. The first-order chi connectivity index (χ1) is 14.7. The van der Waals surface area contributed by atoms with Gasteiger partial charge in [-0.25, -0.2) is 0 Å². The molecular weight excluding hydrogens is 595 g/mol. The van der Waals surface area contributed by atoms with Crippen LogP contribution in [0.4, 0.5) is 0 Å². The average molecular weight is 621 g/mol. The van der Waals surface area contributed by atoms with E-state index < -0.39 is 0 Å². The van der Waals surface area contributed by atoms with Crippen molar-refractivity contribution in [3.05, 3.63) is 89.2 Å². The molecule has 2 heterocycles. The summed E-state index contributed by atoms with van der Waals surface area (Å²) in [4.78, 5) is 16.2. The molecule has 2 aromatic carbocycles. The number of fused-ring (bicyclic) bond motifs is 1. The number of hydrogen-bond acceptors (Lipinski definition) is 4. The van der Waals surface area contributed by atoms with Crippen LogP contribution in [-0.2, 0) is 24.9 Å². The molecule has 32 heavy (non-hydrogen) atoms. The molecule has 4 aromatic rings. The first-order valence-electron chi connectivity index (χ1n) is 10.1. The predicted octanol–water partition coefficient (Wildman–Crippen LogP) is 7.39. The summed E-state index contributed by atoms with van der Waals surface area (Å²) in [5.74, 6) is -0.0625. The Morgan fingerprint density at radius 2 is 1.66 bits per heavy atom. The third kappa shape index (κ3) is 6.96.